The molecule has 1 unspecified atom stereocenters. The van der Waals surface area contributed by atoms with Gasteiger partial charge in [0.2, 0.25) is 0 Å². The van der Waals surface area contributed by atoms with Crippen molar-refractivity contribution >= 4 is 5.97 Å². The van der Waals surface area contributed by atoms with Gasteiger partial charge in [-0.05, 0) is 38.1 Å². The number of hydrogen-bond donors (Lipinski definition) is 2. The van der Waals surface area contributed by atoms with Gasteiger partial charge in [-0.2, -0.15) is 0 Å². The van der Waals surface area contributed by atoms with Gasteiger partial charge in [0.15, 0.2) is 0 Å². The van der Waals surface area contributed by atoms with Crippen molar-refractivity contribution in [2.24, 2.45) is 5.92 Å². The summed E-state index contributed by atoms with van der Waals surface area (Å²) >= 11 is 0. The molecular formula is C16H29NO2. The molecule has 0 aromatic rings. The number of aliphatic carboxylic acids is 1. The van der Waals surface area contributed by atoms with Crippen LogP contribution in [0.25, 0.3) is 0 Å². The van der Waals surface area contributed by atoms with Crippen LogP contribution < -0.4 is 5.32 Å². The minimum atomic E-state index is -0.627. The average Bonchev–Trinajstić information content (AvgIpc) is 2.29. The van der Waals surface area contributed by atoms with Crippen molar-refractivity contribution in [1.29, 1.82) is 0 Å². The molecule has 0 aromatic heterocycles. The van der Waals surface area contributed by atoms with Crippen molar-refractivity contribution in [3.8, 4) is 0 Å². The van der Waals surface area contributed by atoms with Gasteiger partial charge in [0, 0.05) is 0 Å². The Morgan fingerprint density at radius 2 is 1.47 bits per heavy atom. The first-order valence-corrected chi connectivity index (χ1v) is 8.24. The van der Waals surface area contributed by atoms with Crippen molar-refractivity contribution in [3.63, 3.8) is 0 Å². The highest BCUT2D eigenvalue weighted by Gasteiger charge is 2.44. The van der Waals surface area contributed by atoms with Crippen LogP contribution in [0.1, 0.15) is 77.0 Å². The van der Waals surface area contributed by atoms with Crippen LogP contribution in [0.5, 0.6) is 0 Å². The zero-order chi connectivity index (χ0) is 13.6. The van der Waals surface area contributed by atoms with Crippen molar-refractivity contribution < 1.29 is 9.90 Å². The van der Waals surface area contributed by atoms with Gasteiger partial charge in [0.25, 0.3) is 0 Å². The van der Waals surface area contributed by atoms with Crippen LogP contribution in [-0.4, -0.2) is 23.2 Å². The van der Waals surface area contributed by atoms with Gasteiger partial charge in [-0.1, -0.05) is 51.4 Å². The van der Waals surface area contributed by atoms with Crippen LogP contribution in [0.15, 0.2) is 0 Å². The van der Waals surface area contributed by atoms with E-state index in [9.17, 15) is 9.90 Å². The van der Waals surface area contributed by atoms with E-state index in [4.69, 9.17) is 0 Å². The summed E-state index contributed by atoms with van der Waals surface area (Å²) in [5, 5.41) is 13.3. The molecule has 3 heteroatoms. The maximum atomic E-state index is 12.0. The maximum absolute atomic E-state index is 12.0. The predicted molar refractivity (Wildman–Crippen MR) is 77.3 cm³/mol. The van der Waals surface area contributed by atoms with E-state index in [0.29, 0.717) is 5.92 Å². The molecule has 1 atom stereocenters. The molecule has 2 rings (SSSR count). The quantitative estimate of drug-likeness (QED) is 0.801. The number of rotatable bonds is 2. The summed E-state index contributed by atoms with van der Waals surface area (Å²) in [6.45, 7) is 0.878. The standard InChI is InChI=1S/C16H29NO2/c18-15(19)16(12-8-4-5-9-13-17-16)14-10-6-2-1-3-7-11-14/h14,17H,1-13H2,(H,18,19). The Labute approximate surface area is 117 Å². The molecule has 1 aliphatic carbocycles. The summed E-state index contributed by atoms with van der Waals surface area (Å²) in [6.07, 6.45) is 14.0. The normalized spacial score (nSPS) is 31.8. The van der Waals surface area contributed by atoms with Crippen LogP contribution in [0.2, 0.25) is 0 Å². The summed E-state index contributed by atoms with van der Waals surface area (Å²) in [7, 11) is 0. The Morgan fingerprint density at radius 1 is 0.895 bits per heavy atom. The zero-order valence-corrected chi connectivity index (χ0v) is 12.1. The summed E-state index contributed by atoms with van der Waals surface area (Å²) in [5.74, 6) is -0.261. The van der Waals surface area contributed by atoms with Gasteiger partial charge in [-0.3, -0.25) is 4.79 Å². The van der Waals surface area contributed by atoms with E-state index in [1.807, 2.05) is 0 Å². The summed E-state index contributed by atoms with van der Waals surface area (Å²) in [6, 6.07) is 0. The number of hydrogen-bond acceptors (Lipinski definition) is 2. The molecule has 0 spiro atoms. The van der Waals surface area contributed by atoms with Crippen LogP contribution in [0.4, 0.5) is 0 Å². The third kappa shape index (κ3) is 3.71. The molecule has 110 valence electrons. The van der Waals surface area contributed by atoms with E-state index in [-0.39, 0.29) is 0 Å². The number of carboxylic acid groups (broad SMARTS) is 1. The highest BCUT2D eigenvalue weighted by molar-refractivity contribution is 5.79. The van der Waals surface area contributed by atoms with Crippen LogP contribution in [0.3, 0.4) is 0 Å². The first-order chi connectivity index (χ1) is 9.26. The Hall–Kier alpha value is -0.570. The largest absolute Gasteiger partial charge is 0.480 e. The molecule has 0 amide bonds. The molecule has 2 N–H and O–H groups in total. The molecule has 0 aromatic carbocycles. The molecule has 0 radical (unpaired) electrons. The Bertz CT molecular complexity index is 274. The fourth-order valence-corrected chi connectivity index (χ4v) is 3.94. The molecular weight excluding hydrogens is 238 g/mol. The van der Waals surface area contributed by atoms with Gasteiger partial charge in [-0.15, -0.1) is 0 Å². The fourth-order valence-electron chi connectivity index (χ4n) is 3.94. The van der Waals surface area contributed by atoms with E-state index in [1.54, 1.807) is 0 Å². The van der Waals surface area contributed by atoms with Crippen molar-refractivity contribution in [2.75, 3.05) is 6.54 Å². The van der Waals surface area contributed by atoms with Gasteiger partial charge in [-0.25, -0.2) is 0 Å². The number of carboxylic acids is 1. The van der Waals surface area contributed by atoms with E-state index < -0.39 is 11.5 Å². The first kappa shape index (κ1) is 14.8. The summed E-state index contributed by atoms with van der Waals surface area (Å²) in [5.41, 5.74) is -0.627. The van der Waals surface area contributed by atoms with Gasteiger partial charge in [0.05, 0.1) is 0 Å². The lowest BCUT2D eigenvalue weighted by atomic mass is 9.72. The van der Waals surface area contributed by atoms with E-state index in [0.717, 1.165) is 38.6 Å². The first-order valence-electron chi connectivity index (χ1n) is 8.24. The molecule has 0 bridgehead atoms. The van der Waals surface area contributed by atoms with E-state index >= 15 is 0 Å². The second-order valence-corrected chi connectivity index (χ2v) is 6.41. The third-order valence-electron chi connectivity index (χ3n) is 5.12. The smallest absolute Gasteiger partial charge is 0.324 e. The molecule has 2 fully saturated rings. The van der Waals surface area contributed by atoms with Crippen molar-refractivity contribution in [1.82, 2.24) is 5.32 Å². The minimum absolute atomic E-state index is 0.336. The van der Waals surface area contributed by atoms with Gasteiger partial charge in [0.1, 0.15) is 5.54 Å². The maximum Gasteiger partial charge on any atom is 0.324 e. The third-order valence-corrected chi connectivity index (χ3v) is 5.12. The molecule has 1 heterocycles. The minimum Gasteiger partial charge on any atom is -0.480 e. The topological polar surface area (TPSA) is 49.3 Å². The van der Waals surface area contributed by atoms with Gasteiger partial charge >= 0.3 is 5.97 Å². The average molecular weight is 267 g/mol. The Balaban J connectivity index is 2.12. The second kappa shape index (κ2) is 7.28. The Kier molecular flexibility index (Phi) is 5.68. The van der Waals surface area contributed by atoms with Gasteiger partial charge < -0.3 is 10.4 Å². The van der Waals surface area contributed by atoms with Crippen LogP contribution >= 0.6 is 0 Å². The molecule has 1 aliphatic heterocycles. The molecule has 3 nitrogen and oxygen atoms in total. The van der Waals surface area contributed by atoms with E-state index in [1.165, 1.54) is 44.9 Å². The molecule has 1 saturated carbocycles. The summed E-state index contributed by atoms with van der Waals surface area (Å²) < 4.78 is 0. The summed E-state index contributed by atoms with van der Waals surface area (Å²) in [4.78, 5) is 12.0. The monoisotopic (exact) mass is 267 g/mol. The lowest BCUT2D eigenvalue weighted by Gasteiger charge is -2.40. The molecule has 19 heavy (non-hydrogen) atoms. The molecule has 1 saturated heterocycles. The lowest BCUT2D eigenvalue weighted by molar-refractivity contribution is -0.148. The predicted octanol–water partition coefficient (Wildman–Crippen LogP) is 3.72. The van der Waals surface area contributed by atoms with Crippen molar-refractivity contribution in [3.05, 3.63) is 0 Å². The van der Waals surface area contributed by atoms with Crippen molar-refractivity contribution in [2.45, 2.75) is 82.6 Å². The molecule has 2 aliphatic rings. The highest BCUT2D eigenvalue weighted by atomic mass is 16.4. The second-order valence-electron chi connectivity index (χ2n) is 6.41. The SMILES string of the molecule is O=C(O)C1(C2CCCCCCC2)CCCCCCN1. The number of nitrogens with one attached hydrogen (secondary N) is 1. The fraction of sp³-hybridized carbons (Fsp3) is 0.938. The van der Waals surface area contributed by atoms with E-state index in [2.05, 4.69) is 5.32 Å². The Morgan fingerprint density at radius 3 is 2.16 bits per heavy atom. The number of carbonyl (C=O) groups is 1. The van der Waals surface area contributed by atoms with Crippen LogP contribution in [0, 0.1) is 5.92 Å². The lowest BCUT2D eigenvalue weighted by Crippen LogP contribution is -2.58. The highest BCUT2D eigenvalue weighted by Crippen LogP contribution is 2.35. The zero-order valence-electron chi connectivity index (χ0n) is 12.1. The van der Waals surface area contributed by atoms with Crippen LogP contribution in [-0.2, 0) is 4.79 Å².